The molecule has 0 aliphatic carbocycles. The Morgan fingerprint density at radius 2 is 2.00 bits per heavy atom. The summed E-state index contributed by atoms with van der Waals surface area (Å²) in [5, 5.41) is 0. The van der Waals surface area contributed by atoms with Gasteiger partial charge in [-0.05, 0) is 38.3 Å². The molecule has 1 fully saturated rings. The average Bonchev–Trinajstić information content (AvgIpc) is 2.52. The van der Waals surface area contributed by atoms with Crippen molar-refractivity contribution in [3.8, 4) is 0 Å². The van der Waals surface area contributed by atoms with E-state index in [2.05, 4.69) is 36.8 Å². The summed E-state index contributed by atoms with van der Waals surface area (Å²) in [7, 11) is 0. The number of halogens is 2. The van der Waals surface area contributed by atoms with Crippen LogP contribution in [0.15, 0.2) is 21.3 Å². The maximum absolute atomic E-state index is 5.96. The summed E-state index contributed by atoms with van der Waals surface area (Å²) < 4.78 is 7.48. The molecule has 0 amide bonds. The van der Waals surface area contributed by atoms with E-state index in [1.165, 1.54) is 0 Å². The molecule has 2 N–H and O–H groups in total. The molecule has 1 aromatic rings. The SMILES string of the molecule is NC1CCOC1c1c(Br)cncc1Br. The molecule has 0 saturated carbocycles. The number of aromatic nitrogens is 1. The summed E-state index contributed by atoms with van der Waals surface area (Å²) in [4.78, 5) is 4.05. The first kappa shape index (κ1) is 10.5. The zero-order chi connectivity index (χ0) is 10.1. The Labute approximate surface area is 99.3 Å². The lowest BCUT2D eigenvalue weighted by Gasteiger charge is -2.17. The summed E-state index contributed by atoms with van der Waals surface area (Å²) in [6.45, 7) is 0.729. The van der Waals surface area contributed by atoms with Gasteiger partial charge in [0.2, 0.25) is 0 Å². The molecule has 2 unspecified atom stereocenters. The maximum atomic E-state index is 5.96. The Balaban J connectivity index is 2.39. The van der Waals surface area contributed by atoms with E-state index in [4.69, 9.17) is 10.5 Å². The number of pyridine rings is 1. The van der Waals surface area contributed by atoms with E-state index in [1.54, 1.807) is 12.4 Å². The van der Waals surface area contributed by atoms with Crippen LogP contribution in [0, 0.1) is 0 Å². The Morgan fingerprint density at radius 1 is 1.36 bits per heavy atom. The van der Waals surface area contributed by atoms with Gasteiger partial charge in [0.25, 0.3) is 0 Å². The summed E-state index contributed by atoms with van der Waals surface area (Å²) in [5.41, 5.74) is 7.02. The molecule has 1 aliphatic heterocycles. The van der Waals surface area contributed by atoms with Crippen molar-refractivity contribution in [1.29, 1.82) is 0 Å². The summed E-state index contributed by atoms with van der Waals surface area (Å²) in [6, 6.07) is 0.0741. The lowest BCUT2D eigenvalue weighted by atomic mass is 10.0. The van der Waals surface area contributed by atoms with Crippen molar-refractivity contribution < 1.29 is 4.74 Å². The lowest BCUT2D eigenvalue weighted by molar-refractivity contribution is 0.104. The first-order valence-electron chi connectivity index (χ1n) is 4.36. The van der Waals surface area contributed by atoms with Gasteiger partial charge in [-0.3, -0.25) is 4.98 Å². The molecule has 3 nitrogen and oxygen atoms in total. The van der Waals surface area contributed by atoms with Crippen molar-refractivity contribution >= 4 is 31.9 Å². The molecule has 2 heterocycles. The number of hydrogen-bond donors (Lipinski definition) is 1. The lowest BCUT2D eigenvalue weighted by Crippen LogP contribution is -2.24. The summed E-state index contributed by atoms with van der Waals surface area (Å²) in [6.07, 6.45) is 4.40. The highest BCUT2D eigenvalue weighted by Crippen LogP contribution is 2.36. The predicted octanol–water partition coefficient (Wildman–Crippen LogP) is 2.40. The molecule has 2 atom stereocenters. The van der Waals surface area contributed by atoms with Gasteiger partial charge in [-0.2, -0.15) is 0 Å². The monoisotopic (exact) mass is 320 g/mol. The van der Waals surface area contributed by atoms with E-state index in [-0.39, 0.29) is 12.1 Å². The molecular formula is C9H10Br2N2O. The molecule has 2 rings (SSSR count). The second-order valence-corrected chi connectivity index (χ2v) is 4.97. The van der Waals surface area contributed by atoms with Crippen LogP contribution in [0.25, 0.3) is 0 Å². The minimum absolute atomic E-state index is 0.0262. The quantitative estimate of drug-likeness (QED) is 0.864. The van der Waals surface area contributed by atoms with Gasteiger partial charge < -0.3 is 10.5 Å². The third-order valence-corrected chi connectivity index (χ3v) is 3.58. The first-order chi connectivity index (χ1) is 6.70. The van der Waals surface area contributed by atoms with Crippen molar-refractivity contribution in [2.45, 2.75) is 18.6 Å². The van der Waals surface area contributed by atoms with Crippen molar-refractivity contribution in [1.82, 2.24) is 4.98 Å². The van der Waals surface area contributed by atoms with Crippen molar-refractivity contribution in [2.24, 2.45) is 5.73 Å². The Morgan fingerprint density at radius 3 is 2.50 bits per heavy atom. The largest absolute Gasteiger partial charge is 0.372 e. The highest BCUT2D eigenvalue weighted by atomic mass is 79.9. The third-order valence-electron chi connectivity index (χ3n) is 2.31. The smallest absolute Gasteiger partial charge is 0.0999 e. The van der Waals surface area contributed by atoms with Gasteiger partial charge in [0.15, 0.2) is 0 Å². The van der Waals surface area contributed by atoms with Crippen molar-refractivity contribution in [3.63, 3.8) is 0 Å². The average molecular weight is 322 g/mol. The van der Waals surface area contributed by atoms with E-state index in [0.29, 0.717) is 0 Å². The number of nitrogens with zero attached hydrogens (tertiary/aromatic N) is 1. The fraction of sp³-hybridized carbons (Fsp3) is 0.444. The normalized spacial score (nSPS) is 26.8. The molecule has 14 heavy (non-hydrogen) atoms. The summed E-state index contributed by atoms with van der Waals surface area (Å²) in [5.74, 6) is 0. The molecule has 0 aromatic carbocycles. The molecule has 76 valence electrons. The van der Waals surface area contributed by atoms with Crippen LogP contribution in [0.4, 0.5) is 0 Å². The van der Waals surface area contributed by atoms with Crippen LogP contribution < -0.4 is 5.73 Å². The van der Waals surface area contributed by atoms with Crippen LogP contribution in [0.5, 0.6) is 0 Å². The van der Waals surface area contributed by atoms with Crippen molar-refractivity contribution in [3.05, 3.63) is 26.9 Å². The predicted molar refractivity (Wildman–Crippen MR) is 60.9 cm³/mol. The molecular weight excluding hydrogens is 312 g/mol. The van der Waals surface area contributed by atoms with Crippen LogP contribution in [0.3, 0.4) is 0 Å². The minimum atomic E-state index is -0.0262. The highest BCUT2D eigenvalue weighted by Gasteiger charge is 2.29. The van der Waals surface area contributed by atoms with E-state index in [1.807, 2.05) is 0 Å². The molecule has 1 aliphatic rings. The maximum Gasteiger partial charge on any atom is 0.0999 e. The zero-order valence-electron chi connectivity index (χ0n) is 7.41. The fourth-order valence-electron chi connectivity index (χ4n) is 1.60. The fourth-order valence-corrected chi connectivity index (χ4v) is 2.98. The van der Waals surface area contributed by atoms with Gasteiger partial charge in [0.1, 0.15) is 0 Å². The number of ether oxygens (including phenoxy) is 1. The van der Waals surface area contributed by atoms with E-state index in [9.17, 15) is 0 Å². The Bertz CT molecular complexity index is 325. The third kappa shape index (κ3) is 1.86. The van der Waals surface area contributed by atoms with Gasteiger partial charge in [-0.25, -0.2) is 0 Å². The zero-order valence-corrected chi connectivity index (χ0v) is 10.6. The topological polar surface area (TPSA) is 48.1 Å². The Kier molecular flexibility index (Phi) is 3.21. The number of hydrogen-bond acceptors (Lipinski definition) is 3. The molecule has 1 aromatic heterocycles. The summed E-state index contributed by atoms with van der Waals surface area (Å²) >= 11 is 6.91. The van der Waals surface area contributed by atoms with Gasteiger partial charge >= 0.3 is 0 Å². The second kappa shape index (κ2) is 4.26. The molecule has 0 spiro atoms. The van der Waals surface area contributed by atoms with E-state index >= 15 is 0 Å². The molecule has 1 saturated heterocycles. The van der Waals surface area contributed by atoms with E-state index in [0.717, 1.165) is 27.5 Å². The van der Waals surface area contributed by atoms with Gasteiger partial charge in [-0.15, -0.1) is 0 Å². The Hall–Kier alpha value is 0.0300. The molecule has 0 bridgehead atoms. The number of rotatable bonds is 1. The van der Waals surface area contributed by atoms with Gasteiger partial charge in [-0.1, -0.05) is 0 Å². The first-order valence-corrected chi connectivity index (χ1v) is 5.95. The van der Waals surface area contributed by atoms with Gasteiger partial charge in [0.05, 0.1) is 6.10 Å². The van der Waals surface area contributed by atoms with Crippen LogP contribution >= 0.6 is 31.9 Å². The molecule has 0 radical (unpaired) electrons. The molecule has 5 heteroatoms. The van der Waals surface area contributed by atoms with Gasteiger partial charge in [0, 0.05) is 39.6 Å². The standard InChI is InChI=1S/C9H10Br2N2O/c10-5-3-13-4-6(11)8(5)9-7(12)1-2-14-9/h3-4,7,9H,1-2,12H2. The second-order valence-electron chi connectivity index (χ2n) is 3.26. The highest BCUT2D eigenvalue weighted by molar-refractivity contribution is 9.11. The van der Waals surface area contributed by atoms with Crippen LogP contribution in [0.2, 0.25) is 0 Å². The van der Waals surface area contributed by atoms with E-state index < -0.39 is 0 Å². The number of nitrogens with two attached hydrogens (primary N) is 1. The van der Waals surface area contributed by atoms with Crippen LogP contribution in [0.1, 0.15) is 18.1 Å². The van der Waals surface area contributed by atoms with Crippen LogP contribution in [-0.4, -0.2) is 17.6 Å². The van der Waals surface area contributed by atoms with Crippen LogP contribution in [-0.2, 0) is 4.74 Å². The minimum Gasteiger partial charge on any atom is -0.372 e. The van der Waals surface area contributed by atoms with Crippen molar-refractivity contribution in [2.75, 3.05) is 6.61 Å².